The number of aromatic nitrogens is 2. The lowest BCUT2D eigenvalue weighted by Crippen LogP contribution is -2.48. The van der Waals surface area contributed by atoms with Gasteiger partial charge in [0, 0.05) is 31.5 Å². The highest BCUT2D eigenvalue weighted by Gasteiger charge is 2.23. The highest BCUT2D eigenvalue weighted by atomic mass is 16.5. The van der Waals surface area contributed by atoms with E-state index in [-0.39, 0.29) is 18.4 Å². The number of carbonyl (C=O) groups excluding carboxylic acids is 1. The molecule has 1 aliphatic rings. The van der Waals surface area contributed by atoms with E-state index in [1.54, 1.807) is 51.9 Å². The summed E-state index contributed by atoms with van der Waals surface area (Å²) in [5.74, 6) is 2.24. The smallest absolute Gasteiger partial charge is 0.225 e. The number of carbonyl (C=O) groups is 1. The van der Waals surface area contributed by atoms with Gasteiger partial charge >= 0.3 is 0 Å². The third-order valence-corrected chi connectivity index (χ3v) is 4.71. The first-order valence-corrected chi connectivity index (χ1v) is 9.24. The Bertz CT molecular complexity index is 775. The quantitative estimate of drug-likeness (QED) is 0.777. The molecule has 28 heavy (non-hydrogen) atoms. The van der Waals surface area contributed by atoms with Crippen LogP contribution in [0.3, 0.4) is 0 Å². The summed E-state index contributed by atoms with van der Waals surface area (Å²) in [5, 5.41) is 3.12. The van der Waals surface area contributed by atoms with Crippen LogP contribution in [0.1, 0.15) is 18.4 Å². The summed E-state index contributed by atoms with van der Waals surface area (Å²) in [5.41, 5.74) is 0.797. The topological polar surface area (TPSA) is 85.8 Å². The monoisotopic (exact) mass is 386 g/mol. The normalized spacial score (nSPS) is 16.4. The van der Waals surface area contributed by atoms with E-state index in [1.165, 1.54) is 0 Å². The standard InChI is InChI=1S/C20H26N4O4/c1-26-16-10-14(11-17(27-2)19(16)28-3)12-18(25)23-15-6-4-9-24(13-15)20-21-7-5-8-22-20/h5,7-8,10-11,15H,4,6,9,12-13H2,1-3H3,(H,23,25)/t15-/m0/s1. The minimum absolute atomic E-state index is 0.0462. The largest absolute Gasteiger partial charge is 0.493 e. The maximum absolute atomic E-state index is 12.6. The number of methoxy groups -OCH3 is 3. The van der Waals surface area contributed by atoms with Gasteiger partial charge in [-0.25, -0.2) is 9.97 Å². The molecule has 1 aromatic heterocycles. The lowest BCUT2D eigenvalue weighted by atomic mass is 10.0. The molecule has 1 atom stereocenters. The number of amides is 1. The Labute approximate surface area is 164 Å². The third kappa shape index (κ3) is 4.62. The molecule has 2 aromatic rings. The Balaban J connectivity index is 1.64. The lowest BCUT2D eigenvalue weighted by Gasteiger charge is -2.33. The zero-order valence-electron chi connectivity index (χ0n) is 16.5. The van der Waals surface area contributed by atoms with Crippen LogP contribution in [0, 0.1) is 0 Å². The number of piperidine rings is 1. The van der Waals surface area contributed by atoms with Crippen molar-refractivity contribution in [1.82, 2.24) is 15.3 Å². The summed E-state index contributed by atoms with van der Waals surface area (Å²) in [7, 11) is 4.67. The fourth-order valence-electron chi connectivity index (χ4n) is 3.43. The van der Waals surface area contributed by atoms with Crippen molar-refractivity contribution in [2.24, 2.45) is 0 Å². The number of hydrogen-bond donors (Lipinski definition) is 1. The molecule has 150 valence electrons. The van der Waals surface area contributed by atoms with Crippen LogP contribution in [0.25, 0.3) is 0 Å². The van der Waals surface area contributed by atoms with Gasteiger partial charge in [0.25, 0.3) is 0 Å². The molecular weight excluding hydrogens is 360 g/mol. The van der Waals surface area contributed by atoms with E-state index >= 15 is 0 Å². The van der Waals surface area contributed by atoms with E-state index in [9.17, 15) is 4.79 Å². The fourth-order valence-corrected chi connectivity index (χ4v) is 3.43. The lowest BCUT2D eigenvalue weighted by molar-refractivity contribution is -0.121. The number of nitrogens with zero attached hydrogens (tertiary/aromatic N) is 3. The van der Waals surface area contributed by atoms with Gasteiger partial charge in [0.2, 0.25) is 17.6 Å². The molecule has 0 bridgehead atoms. The molecule has 0 aliphatic carbocycles. The second kappa shape index (κ2) is 9.25. The van der Waals surface area contributed by atoms with Crippen LogP contribution in [0.4, 0.5) is 5.95 Å². The van der Waals surface area contributed by atoms with E-state index in [0.29, 0.717) is 29.7 Å². The van der Waals surface area contributed by atoms with Crippen molar-refractivity contribution < 1.29 is 19.0 Å². The zero-order valence-corrected chi connectivity index (χ0v) is 16.5. The number of anilines is 1. The molecule has 8 heteroatoms. The van der Waals surface area contributed by atoms with Crippen LogP contribution in [-0.4, -0.2) is 56.3 Å². The molecule has 1 amide bonds. The Kier molecular flexibility index (Phi) is 6.52. The predicted molar refractivity (Wildman–Crippen MR) is 105 cm³/mol. The zero-order chi connectivity index (χ0) is 19.9. The van der Waals surface area contributed by atoms with Crippen molar-refractivity contribution >= 4 is 11.9 Å². The molecule has 8 nitrogen and oxygen atoms in total. The van der Waals surface area contributed by atoms with Crippen molar-refractivity contribution in [3.8, 4) is 17.2 Å². The van der Waals surface area contributed by atoms with Gasteiger partial charge in [-0.1, -0.05) is 0 Å². The molecule has 1 N–H and O–H groups in total. The van der Waals surface area contributed by atoms with Gasteiger partial charge in [-0.15, -0.1) is 0 Å². The van der Waals surface area contributed by atoms with Crippen molar-refractivity contribution in [3.05, 3.63) is 36.2 Å². The highest BCUT2D eigenvalue weighted by Crippen LogP contribution is 2.38. The Morgan fingerprint density at radius 3 is 2.43 bits per heavy atom. The van der Waals surface area contributed by atoms with Gasteiger partial charge in [-0.2, -0.15) is 0 Å². The Hall–Kier alpha value is -3.03. The van der Waals surface area contributed by atoms with Crippen LogP contribution in [-0.2, 0) is 11.2 Å². The maximum Gasteiger partial charge on any atom is 0.225 e. The maximum atomic E-state index is 12.6. The molecule has 0 spiro atoms. The SMILES string of the molecule is COc1cc(CC(=O)N[C@H]2CCCN(c3ncccn3)C2)cc(OC)c1OC. The minimum Gasteiger partial charge on any atom is -0.493 e. The summed E-state index contributed by atoms with van der Waals surface area (Å²) in [6.07, 6.45) is 5.61. The minimum atomic E-state index is -0.0462. The van der Waals surface area contributed by atoms with E-state index in [1.807, 2.05) is 0 Å². The number of nitrogens with one attached hydrogen (secondary N) is 1. The van der Waals surface area contributed by atoms with Gasteiger partial charge in [0.05, 0.1) is 27.8 Å². The Morgan fingerprint density at radius 2 is 1.82 bits per heavy atom. The predicted octanol–water partition coefficient (Wildman–Crippen LogP) is 1.83. The fraction of sp³-hybridized carbons (Fsp3) is 0.450. The van der Waals surface area contributed by atoms with Gasteiger partial charge in [0.15, 0.2) is 11.5 Å². The summed E-state index contributed by atoms with van der Waals surface area (Å²) in [6, 6.07) is 5.45. The molecule has 0 unspecified atom stereocenters. The van der Waals surface area contributed by atoms with Crippen molar-refractivity contribution in [2.45, 2.75) is 25.3 Å². The van der Waals surface area contributed by atoms with Crippen molar-refractivity contribution in [1.29, 1.82) is 0 Å². The van der Waals surface area contributed by atoms with Crippen LogP contribution in [0.2, 0.25) is 0 Å². The Morgan fingerprint density at radius 1 is 1.14 bits per heavy atom. The average Bonchev–Trinajstić information content (AvgIpc) is 2.73. The van der Waals surface area contributed by atoms with Crippen molar-refractivity contribution in [2.75, 3.05) is 39.3 Å². The van der Waals surface area contributed by atoms with Crippen LogP contribution in [0.5, 0.6) is 17.2 Å². The first-order valence-electron chi connectivity index (χ1n) is 9.24. The highest BCUT2D eigenvalue weighted by molar-refractivity contribution is 5.79. The number of hydrogen-bond acceptors (Lipinski definition) is 7. The van der Waals surface area contributed by atoms with Crippen molar-refractivity contribution in [3.63, 3.8) is 0 Å². The molecule has 0 saturated carbocycles. The van der Waals surface area contributed by atoms with E-state index < -0.39 is 0 Å². The number of rotatable bonds is 7. The van der Waals surface area contributed by atoms with Gasteiger partial charge in [-0.05, 0) is 36.6 Å². The average molecular weight is 386 g/mol. The van der Waals surface area contributed by atoms with Crippen LogP contribution in [0.15, 0.2) is 30.6 Å². The second-order valence-corrected chi connectivity index (χ2v) is 6.61. The molecule has 1 aromatic carbocycles. The van der Waals surface area contributed by atoms with Crippen LogP contribution < -0.4 is 24.4 Å². The summed E-state index contributed by atoms with van der Waals surface area (Å²) in [6.45, 7) is 1.59. The molecule has 0 radical (unpaired) electrons. The van der Waals surface area contributed by atoms with E-state index in [4.69, 9.17) is 14.2 Å². The molecule has 1 saturated heterocycles. The summed E-state index contributed by atoms with van der Waals surface area (Å²) < 4.78 is 16.0. The second-order valence-electron chi connectivity index (χ2n) is 6.61. The molecule has 2 heterocycles. The van der Waals surface area contributed by atoms with E-state index in [2.05, 4.69) is 20.2 Å². The third-order valence-electron chi connectivity index (χ3n) is 4.71. The van der Waals surface area contributed by atoms with Crippen LogP contribution >= 0.6 is 0 Å². The number of benzene rings is 1. The first-order chi connectivity index (χ1) is 13.6. The summed E-state index contributed by atoms with van der Waals surface area (Å²) in [4.78, 5) is 23.3. The van der Waals surface area contributed by atoms with Gasteiger partial charge < -0.3 is 24.4 Å². The molecule has 1 aliphatic heterocycles. The summed E-state index contributed by atoms with van der Waals surface area (Å²) >= 11 is 0. The molecule has 3 rings (SSSR count). The first kappa shape index (κ1) is 19.7. The van der Waals surface area contributed by atoms with Gasteiger partial charge in [0.1, 0.15) is 0 Å². The van der Waals surface area contributed by atoms with E-state index in [0.717, 1.165) is 24.9 Å². The molecule has 1 fully saturated rings. The number of ether oxygens (including phenoxy) is 3. The van der Waals surface area contributed by atoms with Gasteiger partial charge in [-0.3, -0.25) is 4.79 Å². The molecular formula is C20H26N4O4.